The van der Waals surface area contributed by atoms with Gasteiger partial charge in [0.2, 0.25) is 5.91 Å². The van der Waals surface area contributed by atoms with Crippen LogP contribution in [0.15, 0.2) is 70.5 Å². The van der Waals surface area contributed by atoms with E-state index >= 15 is 0 Å². The second kappa shape index (κ2) is 13.8. The number of allylic oxidation sites excluding steroid dienone is 9. The van der Waals surface area contributed by atoms with E-state index in [9.17, 15) is 14.4 Å². The SMILES string of the molecule is CC1=CC1/C=C/C(=O)NCCO.CC1=CC1/C=C/C(=O)O.COC(=O)/C=C/C1C(C)=C1[Si](C)(C)C. The molecule has 35 heavy (non-hydrogen) atoms. The van der Waals surface area contributed by atoms with E-state index in [1.807, 2.05) is 32.1 Å². The molecule has 0 aliphatic heterocycles. The van der Waals surface area contributed by atoms with E-state index in [0.29, 0.717) is 24.3 Å². The molecule has 3 aliphatic carbocycles. The van der Waals surface area contributed by atoms with Crippen LogP contribution in [0.4, 0.5) is 0 Å². The fourth-order valence-corrected chi connectivity index (χ4v) is 5.91. The van der Waals surface area contributed by atoms with Gasteiger partial charge in [0.05, 0.1) is 21.8 Å². The Labute approximate surface area is 209 Å². The largest absolute Gasteiger partial charge is 0.478 e. The van der Waals surface area contributed by atoms with Crippen molar-refractivity contribution in [2.24, 2.45) is 17.8 Å². The molecule has 3 rings (SSSR count). The van der Waals surface area contributed by atoms with Gasteiger partial charge in [0.1, 0.15) is 0 Å². The van der Waals surface area contributed by atoms with Crippen molar-refractivity contribution in [1.82, 2.24) is 5.32 Å². The lowest BCUT2D eigenvalue weighted by molar-refractivity contribution is -0.135. The van der Waals surface area contributed by atoms with Gasteiger partial charge in [0.15, 0.2) is 0 Å². The maximum absolute atomic E-state index is 10.9. The van der Waals surface area contributed by atoms with Crippen LogP contribution < -0.4 is 5.32 Å². The Kier molecular flexibility index (Phi) is 11.8. The van der Waals surface area contributed by atoms with Gasteiger partial charge in [-0.15, -0.1) is 0 Å². The molecule has 3 N–H and O–H groups in total. The van der Waals surface area contributed by atoms with Crippen molar-refractivity contribution < 1.29 is 29.3 Å². The Morgan fingerprint density at radius 2 is 1.49 bits per heavy atom. The Balaban J connectivity index is 0.000000269. The standard InChI is InChI=1S/C11H18O2Si.C9H13NO2.C7H8O2/c1-8-9(6-7-10(12)13-2)11(8)14(3,4)5;1-7-6-8(7)2-3-9(12)10-4-5-11;1-5-4-6(5)2-3-7(8)9/h6-7,9H,1-5H3;2-3,6,8,11H,4-5H2,1H3,(H,10,12);2-4,6H,1H3,(H,8,9)/b7-6+;2*3-2+. The number of carbonyl (C=O) groups is 3. The summed E-state index contributed by atoms with van der Waals surface area (Å²) in [5.41, 5.74) is 4.01. The summed E-state index contributed by atoms with van der Waals surface area (Å²) < 4.78 is 4.55. The zero-order valence-corrected chi connectivity index (χ0v) is 22.8. The van der Waals surface area contributed by atoms with E-state index in [1.54, 1.807) is 11.3 Å². The minimum absolute atomic E-state index is 0.0136. The van der Waals surface area contributed by atoms with Gasteiger partial charge in [0.25, 0.3) is 0 Å². The number of aliphatic hydroxyl groups is 1. The number of aliphatic hydroxyl groups excluding tert-OH is 1. The number of hydrogen-bond donors (Lipinski definition) is 3. The van der Waals surface area contributed by atoms with E-state index in [0.717, 1.165) is 0 Å². The van der Waals surface area contributed by atoms with Gasteiger partial charge in [-0.2, -0.15) is 0 Å². The third kappa shape index (κ3) is 12.3. The Morgan fingerprint density at radius 1 is 0.971 bits per heavy atom. The summed E-state index contributed by atoms with van der Waals surface area (Å²) in [7, 11) is 0.247. The predicted molar refractivity (Wildman–Crippen MR) is 141 cm³/mol. The molecule has 3 unspecified atom stereocenters. The molecule has 0 aromatic carbocycles. The number of carbonyl (C=O) groups excluding carboxylic acids is 2. The van der Waals surface area contributed by atoms with Gasteiger partial charge in [0, 0.05) is 36.5 Å². The number of hydrogen-bond acceptors (Lipinski definition) is 5. The first-order chi connectivity index (χ1) is 16.3. The fourth-order valence-electron chi connectivity index (χ4n) is 3.39. The fraction of sp³-hybridized carbons (Fsp3) is 0.444. The summed E-state index contributed by atoms with van der Waals surface area (Å²) in [6.45, 7) is 13.5. The van der Waals surface area contributed by atoms with Crippen LogP contribution in [0.3, 0.4) is 0 Å². The van der Waals surface area contributed by atoms with Crippen molar-refractivity contribution >= 4 is 25.9 Å². The number of aliphatic carboxylic acids is 1. The van der Waals surface area contributed by atoms with E-state index < -0.39 is 14.0 Å². The summed E-state index contributed by atoms with van der Waals surface area (Å²) in [5, 5.41) is 20.7. The number of amides is 1. The van der Waals surface area contributed by atoms with Crippen LogP contribution >= 0.6 is 0 Å². The lowest BCUT2D eigenvalue weighted by Crippen LogP contribution is -2.24. The van der Waals surface area contributed by atoms with Gasteiger partial charge >= 0.3 is 11.9 Å². The van der Waals surface area contributed by atoms with Crippen molar-refractivity contribution in [1.29, 1.82) is 0 Å². The smallest absolute Gasteiger partial charge is 0.330 e. The van der Waals surface area contributed by atoms with Crippen molar-refractivity contribution in [2.75, 3.05) is 20.3 Å². The molecule has 0 spiro atoms. The van der Waals surface area contributed by atoms with Gasteiger partial charge in [-0.05, 0) is 26.8 Å². The molecule has 8 heteroatoms. The molecular weight excluding hydrogens is 462 g/mol. The summed E-state index contributed by atoms with van der Waals surface area (Å²) in [6.07, 6.45) is 13.8. The van der Waals surface area contributed by atoms with Crippen molar-refractivity contribution in [2.45, 2.75) is 40.4 Å². The third-order valence-corrected chi connectivity index (χ3v) is 7.90. The molecule has 3 atom stereocenters. The van der Waals surface area contributed by atoms with Crippen molar-refractivity contribution in [3.63, 3.8) is 0 Å². The topological polar surface area (TPSA) is 113 Å². The van der Waals surface area contributed by atoms with Crippen LogP contribution in [0.1, 0.15) is 20.8 Å². The number of esters is 1. The zero-order valence-electron chi connectivity index (χ0n) is 21.8. The van der Waals surface area contributed by atoms with Crippen LogP contribution in [0.25, 0.3) is 0 Å². The predicted octanol–water partition coefficient (Wildman–Crippen LogP) is 3.97. The van der Waals surface area contributed by atoms with Crippen LogP contribution in [-0.2, 0) is 19.1 Å². The number of rotatable bonds is 9. The first-order valence-electron chi connectivity index (χ1n) is 11.6. The number of nitrogens with one attached hydrogen (secondary N) is 1. The van der Waals surface area contributed by atoms with Crippen LogP contribution in [0, 0.1) is 17.8 Å². The van der Waals surface area contributed by atoms with Crippen molar-refractivity contribution in [3.05, 3.63) is 70.5 Å². The number of carboxylic acid groups (broad SMARTS) is 1. The minimum atomic E-state index is -1.16. The Bertz CT molecular complexity index is 978. The Hall–Kier alpha value is -2.97. The quantitative estimate of drug-likeness (QED) is 0.191. The summed E-state index contributed by atoms with van der Waals surface area (Å²) in [6, 6.07) is 0. The monoisotopic (exact) mass is 501 g/mol. The van der Waals surface area contributed by atoms with Crippen molar-refractivity contribution in [3.8, 4) is 0 Å². The summed E-state index contributed by atoms with van der Waals surface area (Å²) in [5.74, 6) is -0.105. The van der Waals surface area contributed by atoms with E-state index in [4.69, 9.17) is 10.2 Å². The first kappa shape index (κ1) is 30.1. The molecule has 7 nitrogen and oxygen atoms in total. The molecule has 0 heterocycles. The summed E-state index contributed by atoms with van der Waals surface area (Å²) >= 11 is 0. The Morgan fingerprint density at radius 3 is 1.86 bits per heavy atom. The average molecular weight is 502 g/mol. The normalized spacial score (nSPS) is 22.0. The van der Waals surface area contributed by atoms with E-state index in [-0.39, 0.29) is 18.5 Å². The number of methoxy groups -OCH3 is 1. The highest BCUT2D eigenvalue weighted by Gasteiger charge is 2.39. The number of carboxylic acids is 1. The van der Waals surface area contributed by atoms with Crippen LogP contribution in [0.5, 0.6) is 0 Å². The van der Waals surface area contributed by atoms with Gasteiger partial charge in [-0.1, -0.05) is 71.9 Å². The molecular formula is C27H39NO6Si. The van der Waals surface area contributed by atoms with Gasteiger partial charge < -0.3 is 20.3 Å². The average Bonchev–Trinajstić information content (AvgIpc) is 3.72. The highest BCUT2D eigenvalue weighted by Crippen LogP contribution is 2.45. The molecule has 3 aliphatic rings. The van der Waals surface area contributed by atoms with E-state index in [1.165, 1.54) is 42.1 Å². The van der Waals surface area contributed by atoms with E-state index in [2.05, 4.69) is 42.7 Å². The highest BCUT2D eigenvalue weighted by atomic mass is 28.3. The molecule has 0 saturated heterocycles. The lowest BCUT2D eigenvalue weighted by Gasteiger charge is -2.11. The van der Waals surface area contributed by atoms with Crippen LogP contribution in [0.2, 0.25) is 19.6 Å². The van der Waals surface area contributed by atoms with Crippen LogP contribution in [-0.4, -0.2) is 56.4 Å². The first-order valence-corrected chi connectivity index (χ1v) is 15.1. The molecule has 192 valence electrons. The molecule has 0 fully saturated rings. The maximum Gasteiger partial charge on any atom is 0.330 e. The number of ether oxygens (including phenoxy) is 1. The van der Waals surface area contributed by atoms with Gasteiger partial charge in [-0.25, -0.2) is 9.59 Å². The molecule has 0 radical (unpaired) electrons. The molecule has 0 saturated carbocycles. The van der Waals surface area contributed by atoms with Gasteiger partial charge in [-0.3, -0.25) is 4.79 Å². The lowest BCUT2D eigenvalue weighted by atomic mass is 10.3. The zero-order chi connectivity index (χ0) is 26.8. The summed E-state index contributed by atoms with van der Waals surface area (Å²) in [4.78, 5) is 31.7. The molecule has 1 amide bonds. The maximum atomic E-state index is 10.9. The second-order valence-electron chi connectivity index (χ2n) is 9.65. The molecule has 0 bridgehead atoms. The molecule has 0 aromatic rings. The second-order valence-corrected chi connectivity index (χ2v) is 14.7. The minimum Gasteiger partial charge on any atom is -0.478 e. The highest BCUT2D eigenvalue weighted by molar-refractivity contribution is 6.84. The molecule has 0 aromatic heterocycles. The third-order valence-electron chi connectivity index (χ3n) is 5.58.